The van der Waals surface area contributed by atoms with Gasteiger partial charge in [-0.3, -0.25) is 0 Å². The van der Waals surface area contributed by atoms with Crippen molar-refractivity contribution in [2.24, 2.45) is 0 Å². The molecule has 1 atom stereocenters. The van der Waals surface area contributed by atoms with Crippen molar-refractivity contribution < 1.29 is 9.90 Å². The molecule has 1 fully saturated rings. The third kappa shape index (κ3) is 1.56. The van der Waals surface area contributed by atoms with Crippen molar-refractivity contribution in [3.8, 4) is 0 Å². The van der Waals surface area contributed by atoms with Crippen molar-refractivity contribution in [2.75, 3.05) is 18.1 Å². The summed E-state index contributed by atoms with van der Waals surface area (Å²) in [6, 6.07) is 0.191. The minimum Gasteiger partial charge on any atom is -0.465 e. The summed E-state index contributed by atoms with van der Waals surface area (Å²) >= 11 is 1.82. The fourth-order valence-corrected chi connectivity index (χ4v) is 2.02. The Morgan fingerprint density at radius 2 is 2.50 bits per heavy atom. The highest BCUT2D eigenvalue weighted by Crippen LogP contribution is 2.15. The summed E-state index contributed by atoms with van der Waals surface area (Å²) < 4.78 is 0. The lowest BCUT2D eigenvalue weighted by Gasteiger charge is -2.30. The van der Waals surface area contributed by atoms with Crippen LogP contribution < -0.4 is 0 Å². The van der Waals surface area contributed by atoms with E-state index < -0.39 is 6.09 Å². The molecule has 0 radical (unpaired) electrons. The average Bonchev–Trinajstić information content (AvgIpc) is 1.88. The Balaban J connectivity index is 2.47. The molecule has 0 aromatic carbocycles. The fourth-order valence-electron chi connectivity index (χ4n) is 1.01. The molecule has 58 valence electrons. The quantitative estimate of drug-likeness (QED) is 0.578. The van der Waals surface area contributed by atoms with E-state index >= 15 is 0 Å². The summed E-state index contributed by atoms with van der Waals surface area (Å²) in [6.07, 6.45) is -0.784. The molecule has 0 aromatic rings. The van der Waals surface area contributed by atoms with E-state index in [4.69, 9.17) is 5.11 Å². The molecule has 1 N–H and O–H groups in total. The van der Waals surface area contributed by atoms with E-state index in [-0.39, 0.29) is 6.04 Å². The van der Waals surface area contributed by atoms with E-state index in [9.17, 15) is 4.79 Å². The smallest absolute Gasteiger partial charge is 0.407 e. The first-order chi connectivity index (χ1) is 4.72. The van der Waals surface area contributed by atoms with Crippen LogP contribution in [0.25, 0.3) is 0 Å². The number of amides is 1. The van der Waals surface area contributed by atoms with Gasteiger partial charge in [-0.1, -0.05) is 0 Å². The summed E-state index contributed by atoms with van der Waals surface area (Å²) in [6.45, 7) is 2.63. The molecule has 1 aliphatic heterocycles. The van der Waals surface area contributed by atoms with Crippen molar-refractivity contribution in [1.82, 2.24) is 4.90 Å². The normalized spacial score (nSPS) is 26.5. The molecule has 0 saturated carbocycles. The van der Waals surface area contributed by atoms with Gasteiger partial charge in [0.05, 0.1) is 0 Å². The minimum absolute atomic E-state index is 0.191. The Hall–Kier alpha value is -0.380. The Morgan fingerprint density at radius 3 is 2.90 bits per heavy atom. The molecule has 0 aliphatic carbocycles. The molecule has 10 heavy (non-hydrogen) atoms. The lowest BCUT2D eigenvalue weighted by atomic mass is 10.3. The maximum Gasteiger partial charge on any atom is 0.407 e. The Labute approximate surface area is 64.4 Å². The van der Waals surface area contributed by atoms with E-state index in [0.29, 0.717) is 6.54 Å². The first kappa shape index (κ1) is 7.72. The lowest BCUT2D eigenvalue weighted by Crippen LogP contribution is -2.43. The van der Waals surface area contributed by atoms with E-state index in [1.807, 2.05) is 18.7 Å². The fraction of sp³-hybridized carbons (Fsp3) is 0.833. The number of hydrogen-bond acceptors (Lipinski definition) is 2. The molecular formula is C6H11NO2S. The van der Waals surface area contributed by atoms with Gasteiger partial charge in [0.15, 0.2) is 0 Å². The van der Waals surface area contributed by atoms with Crippen LogP contribution >= 0.6 is 11.8 Å². The third-order valence-electron chi connectivity index (χ3n) is 1.61. The SMILES string of the molecule is C[C@H]1CSCCN1C(=O)O. The van der Waals surface area contributed by atoms with Crippen LogP contribution in [0.3, 0.4) is 0 Å². The number of nitrogens with zero attached hydrogens (tertiary/aromatic N) is 1. The van der Waals surface area contributed by atoms with Crippen molar-refractivity contribution in [2.45, 2.75) is 13.0 Å². The van der Waals surface area contributed by atoms with Crippen LogP contribution in [0, 0.1) is 0 Å². The summed E-state index contributed by atoms with van der Waals surface area (Å²) in [5.41, 5.74) is 0. The topological polar surface area (TPSA) is 40.5 Å². The summed E-state index contributed by atoms with van der Waals surface area (Å²) in [5, 5.41) is 8.63. The van der Waals surface area contributed by atoms with Crippen LogP contribution in [0.4, 0.5) is 4.79 Å². The minimum atomic E-state index is -0.784. The van der Waals surface area contributed by atoms with Gasteiger partial charge in [-0.15, -0.1) is 0 Å². The van der Waals surface area contributed by atoms with E-state index in [1.165, 1.54) is 4.90 Å². The average molecular weight is 161 g/mol. The molecule has 1 heterocycles. The second-order valence-corrected chi connectivity index (χ2v) is 3.55. The lowest BCUT2D eigenvalue weighted by molar-refractivity contribution is 0.134. The highest BCUT2D eigenvalue weighted by Gasteiger charge is 2.22. The molecule has 0 spiro atoms. The molecule has 1 aliphatic rings. The number of carbonyl (C=O) groups is 1. The van der Waals surface area contributed by atoms with Gasteiger partial charge in [0.2, 0.25) is 0 Å². The maximum absolute atomic E-state index is 10.5. The zero-order valence-corrected chi connectivity index (χ0v) is 6.73. The first-order valence-electron chi connectivity index (χ1n) is 3.29. The molecule has 3 nitrogen and oxygen atoms in total. The second-order valence-electron chi connectivity index (χ2n) is 2.40. The zero-order chi connectivity index (χ0) is 7.56. The van der Waals surface area contributed by atoms with Gasteiger partial charge in [-0.2, -0.15) is 11.8 Å². The predicted molar refractivity (Wildman–Crippen MR) is 41.5 cm³/mol. The highest BCUT2D eigenvalue weighted by molar-refractivity contribution is 7.99. The van der Waals surface area contributed by atoms with Gasteiger partial charge in [0, 0.05) is 24.1 Å². The van der Waals surface area contributed by atoms with Gasteiger partial charge in [-0.25, -0.2) is 4.79 Å². The molecular weight excluding hydrogens is 150 g/mol. The largest absolute Gasteiger partial charge is 0.465 e. The van der Waals surface area contributed by atoms with Crippen molar-refractivity contribution in [3.05, 3.63) is 0 Å². The van der Waals surface area contributed by atoms with Gasteiger partial charge >= 0.3 is 6.09 Å². The summed E-state index contributed by atoms with van der Waals surface area (Å²) in [5.74, 6) is 1.88. The van der Waals surface area contributed by atoms with Crippen LogP contribution in [0.2, 0.25) is 0 Å². The van der Waals surface area contributed by atoms with Crippen molar-refractivity contribution in [3.63, 3.8) is 0 Å². The highest BCUT2D eigenvalue weighted by atomic mass is 32.2. The monoisotopic (exact) mass is 161 g/mol. The van der Waals surface area contributed by atoms with Crippen LogP contribution in [0.1, 0.15) is 6.92 Å². The Kier molecular flexibility index (Phi) is 2.43. The number of carboxylic acid groups (broad SMARTS) is 1. The second kappa shape index (κ2) is 3.14. The van der Waals surface area contributed by atoms with E-state index in [0.717, 1.165) is 11.5 Å². The predicted octanol–water partition coefficient (Wildman–Crippen LogP) is 1.10. The molecule has 0 bridgehead atoms. The molecule has 1 saturated heterocycles. The molecule has 1 rings (SSSR count). The standard InChI is InChI=1S/C6H11NO2S/c1-5-4-10-3-2-7(5)6(8)9/h5H,2-4H2,1H3,(H,8,9)/t5-/m0/s1. The maximum atomic E-state index is 10.5. The molecule has 4 heteroatoms. The third-order valence-corrected chi connectivity index (χ3v) is 2.80. The molecule has 0 aromatic heterocycles. The van der Waals surface area contributed by atoms with Crippen LogP contribution in [0.15, 0.2) is 0 Å². The Bertz CT molecular complexity index is 140. The first-order valence-corrected chi connectivity index (χ1v) is 4.44. The number of rotatable bonds is 0. The van der Waals surface area contributed by atoms with Crippen LogP contribution in [-0.4, -0.2) is 40.2 Å². The van der Waals surface area contributed by atoms with Crippen LogP contribution in [0.5, 0.6) is 0 Å². The molecule has 0 unspecified atom stereocenters. The summed E-state index contributed by atoms with van der Waals surface area (Å²) in [7, 11) is 0. The zero-order valence-electron chi connectivity index (χ0n) is 5.91. The van der Waals surface area contributed by atoms with Gasteiger partial charge in [-0.05, 0) is 6.92 Å². The number of thioether (sulfide) groups is 1. The Morgan fingerprint density at radius 1 is 1.80 bits per heavy atom. The van der Waals surface area contributed by atoms with Crippen molar-refractivity contribution >= 4 is 17.9 Å². The van der Waals surface area contributed by atoms with E-state index in [2.05, 4.69) is 0 Å². The van der Waals surface area contributed by atoms with Gasteiger partial charge in [0.1, 0.15) is 0 Å². The van der Waals surface area contributed by atoms with E-state index in [1.54, 1.807) is 0 Å². The van der Waals surface area contributed by atoms with Crippen LogP contribution in [-0.2, 0) is 0 Å². The van der Waals surface area contributed by atoms with Crippen molar-refractivity contribution in [1.29, 1.82) is 0 Å². The van der Waals surface area contributed by atoms with Gasteiger partial charge < -0.3 is 10.0 Å². The summed E-state index contributed by atoms with van der Waals surface area (Å²) in [4.78, 5) is 12.0. The van der Waals surface area contributed by atoms with Gasteiger partial charge in [0.25, 0.3) is 0 Å². The molecule has 1 amide bonds. The number of hydrogen-bond donors (Lipinski definition) is 1.